The van der Waals surface area contributed by atoms with Crippen LogP contribution >= 0.6 is 0 Å². The van der Waals surface area contributed by atoms with Gasteiger partial charge in [0.25, 0.3) is 5.91 Å². The van der Waals surface area contributed by atoms with Crippen LogP contribution in [0.1, 0.15) is 34.8 Å². The van der Waals surface area contributed by atoms with Crippen LogP contribution in [-0.4, -0.2) is 30.9 Å². The zero-order valence-electron chi connectivity index (χ0n) is 20.1. The van der Waals surface area contributed by atoms with E-state index in [4.69, 9.17) is 4.74 Å². The summed E-state index contributed by atoms with van der Waals surface area (Å²) in [4.78, 5) is 40.1. The van der Waals surface area contributed by atoms with Crippen molar-refractivity contribution in [3.05, 3.63) is 83.4 Å². The van der Waals surface area contributed by atoms with Gasteiger partial charge in [-0.3, -0.25) is 14.4 Å². The number of amides is 3. The van der Waals surface area contributed by atoms with Crippen molar-refractivity contribution in [2.75, 3.05) is 28.7 Å². The Hall–Kier alpha value is -4.13. The Kier molecular flexibility index (Phi) is 7.15. The maximum atomic E-state index is 13.0. The second kappa shape index (κ2) is 10.4. The van der Waals surface area contributed by atoms with Crippen molar-refractivity contribution in [3.8, 4) is 5.75 Å². The normalized spacial score (nSPS) is 15.1. The summed E-state index contributed by atoms with van der Waals surface area (Å²) in [5.41, 5.74) is 4.44. The number of benzene rings is 3. The number of para-hydroxylation sites is 2. The Morgan fingerprint density at radius 1 is 1.00 bits per heavy atom. The first-order chi connectivity index (χ1) is 16.9. The van der Waals surface area contributed by atoms with E-state index in [1.54, 1.807) is 29.2 Å². The van der Waals surface area contributed by atoms with Crippen LogP contribution in [-0.2, 0) is 9.59 Å². The van der Waals surface area contributed by atoms with Gasteiger partial charge in [0.2, 0.25) is 11.8 Å². The first kappa shape index (κ1) is 24.0. The molecule has 3 aromatic rings. The highest BCUT2D eigenvalue weighted by molar-refractivity contribution is 6.07. The average Bonchev–Trinajstić information content (AvgIpc) is 3.23. The van der Waals surface area contributed by atoms with Gasteiger partial charge < -0.3 is 20.3 Å². The molecule has 35 heavy (non-hydrogen) atoms. The SMILES string of the molecule is CCOc1ccccc1N1C[C@H](C(=O)Nc2cccc(C(=O)Nc3ccc(C)cc3C)c2)CC1=O. The highest BCUT2D eigenvalue weighted by atomic mass is 16.5. The van der Waals surface area contributed by atoms with Crippen LogP contribution in [0.2, 0.25) is 0 Å². The molecule has 7 heteroatoms. The fourth-order valence-electron chi connectivity index (χ4n) is 4.20. The molecule has 1 fully saturated rings. The molecule has 0 aliphatic carbocycles. The molecule has 0 spiro atoms. The van der Waals surface area contributed by atoms with Crippen molar-refractivity contribution in [1.29, 1.82) is 0 Å². The highest BCUT2D eigenvalue weighted by Gasteiger charge is 2.36. The molecule has 0 saturated carbocycles. The lowest BCUT2D eigenvalue weighted by molar-refractivity contribution is -0.122. The summed E-state index contributed by atoms with van der Waals surface area (Å²) in [6.45, 7) is 6.57. The Morgan fingerprint density at radius 2 is 1.80 bits per heavy atom. The summed E-state index contributed by atoms with van der Waals surface area (Å²) in [5, 5.41) is 5.78. The lowest BCUT2D eigenvalue weighted by Gasteiger charge is -2.20. The summed E-state index contributed by atoms with van der Waals surface area (Å²) in [6, 6.07) is 19.9. The minimum atomic E-state index is -0.509. The zero-order valence-corrected chi connectivity index (χ0v) is 20.1. The quantitative estimate of drug-likeness (QED) is 0.511. The molecule has 1 aliphatic heterocycles. The van der Waals surface area contributed by atoms with Crippen LogP contribution in [0.4, 0.5) is 17.1 Å². The first-order valence-electron chi connectivity index (χ1n) is 11.7. The number of ether oxygens (including phenoxy) is 1. The van der Waals surface area contributed by atoms with E-state index in [0.29, 0.717) is 29.3 Å². The fraction of sp³-hybridized carbons (Fsp3) is 0.250. The molecule has 3 amide bonds. The van der Waals surface area contributed by atoms with Crippen LogP contribution in [0.25, 0.3) is 0 Å². The van der Waals surface area contributed by atoms with Gasteiger partial charge in [0.1, 0.15) is 5.75 Å². The third-order valence-electron chi connectivity index (χ3n) is 5.97. The second-order valence-corrected chi connectivity index (χ2v) is 8.65. The molecule has 1 heterocycles. The summed E-state index contributed by atoms with van der Waals surface area (Å²) < 4.78 is 5.65. The first-order valence-corrected chi connectivity index (χ1v) is 11.7. The Morgan fingerprint density at radius 3 is 2.57 bits per heavy atom. The van der Waals surface area contributed by atoms with Gasteiger partial charge in [-0.2, -0.15) is 0 Å². The Balaban J connectivity index is 1.43. The molecule has 3 aromatic carbocycles. The number of hydrogen-bond acceptors (Lipinski definition) is 4. The van der Waals surface area contributed by atoms with Gasteiger partial charge in [0, 0.05) is 29.9 Å². The molecule has 0 unspecified atom stereocenters. The Labute approximate surface area is 205 Å². The van der Waals surface area contributed by atoms with Crippen LogP contribution < -0.4 is 20.3 Å². The van der Waals surface area contributed by atoms with Crippen molar-refractivity contribution in [2.45, 2.75) is 27.2 Å². The second-order valence-electron chi connectivity index (χ2n) is 8.65. The van der Waals surface area contributed by atoms with Gasteiger partial charge in [-0.05, 0) is 62.7 Å². The van der Waals surface area contributed by atoms with Crippen LogP contribution in [0.5, 0.6) is 5.75 Å². The smallest absolute Gasteiger partial charge is 0.255 e. The molecule has 2 N–H and O–H groups in total. The van der Waals surface area contributed by atoms with Crippen molar-refractivity contribution < 1.29 is 19.1 Å². The van der Waals surface area contributed by atoms with E-state index in [9.17, 15) is 14.4 Å². The minimum absolute atomic E-state index is 0.110. The molecule has 1 aliphatic rings. The molecule has 1 atom stereocenters. The maximum Gasteiger partial charge on any atom is 0.255 e. The van der Waals surface area contributed by atoms with E-state index in [2.05, 4.69) is 10.6 Å². The molecular formula is C28H29N3O4. The summed E-state index contributed by atoms with van der Waals surface area (Å²) in [7, 11) is 0. The molecule has 1 saturated heterocycles. The van der Waals surface area contributed by atoms with Crippen molar-refractivity contribution in [3.63, 3.8) is 0 Å². The van der Waals surface area contributed by atoms with Gasteiger partial charge >= 0.3 is 0 Å². The Bertz CT molecular complexity index is 1270. The molecule has 4 rings (SSSR count). The van der Waals surface area contributed by atoms with Gasteiger partial charge in [0.05, 0.1) is 18.2 Å². The van der Waals surface area contributed by atoms with Gasteiger partial charge in [-0.15, -0.1) is 0 Å². The van der Waals surface area contributed by atoms with E-state index in [0.717, 1.165) is 16.8 Å². The van der Waals surface area contributed by atoms with Crippen LogP contribution in [0.15, 0.2) is 66.7 Å². The van der Waals surface area contributed by atoms with Crippen molar-refractivity contribution >= 4 is 34.8 Å². The predicted octanol–water partition coefficient (Wildman–Crippen LogP) is 4.95. The number of hydrogen-bond donors (Lipinski definition) is 2. The molecular weight excluding hydrogens is 442 g/mol. The largest absolute Gasteiger partial charge is 0.492 e. The number of aryl methyl sites for hydroxylation is 2. The maximum absolute atomic E-state index is 13.0. The summed E-state index contributed by atoms with van der Waals surface area (Å²) in [6.07, 6.45) is 0.110. The average molecular weight is 472 g/mol. The number of rotatable bonds is 7. The number of nitrogens with one attached hydrogen (secondary N) is 2. The predicted molar refractivity (Wildman–Crippen MR) is 137 cm³/mol. The fourth-order valence-corrected chi connectivity index (χ4v) is 4.20. The lowest BCUT2D eigenvalue weighted by atomic mass is 10.1. The molecule has 180 valence electrons. The summed E-state index contributed by atoms with van der Waals surface area (Å²) in [5.74, 6) is -0.541. The van der Waals surface area contributed by atoms with E-state index < -0.39 is 5.92 Å². The highest BCUT2D eigenvalue weighted by Crippen LogP contribution is 2.33. The molecule has 7 nitrogen and oxygen atoms in total. The number of anilines is 3. The van der Waals surface area contributed by atoms with Gasteiger partial charge in [-0.1, -0.05) is 35.9 Å². The zero-order chi connectivity index (χ0) is 24.9. The molecule has 0 aromatic heterocycles. The van der Waals surface area contributed by atoms with Gasteiger partial charge in [0.15, 0.2) is 0 Å². The third kappa shape index (κ3) is 5.51. The monoisotopic (exact) mass is 471 g/mol. The van der Waals surface area contributed by atoms with Crippen molar-refractivity contribution in [2.24, 2.45) is 5.92 Å². The lowest BCUT2D eigenvalue weighted by Crippen LogP contribution is -2.28. The molecule has 0 bridgehead atoms. The van der Waals surface area contributed by atoms with E-state index >= 15 is 0 Å². The van der Waals surface area contributed by atoms with Gasteiger partial charge in [-0.25, -0.2) is 0 Å². The number of carbonyl (C=O) groups is 3. The third-order valence-corrected chi connectivity index (χ3v) is 5.97. The molecule has 0 radical (unpaired) electrons. The number of carbonyl (C=O) groups excluding carboxylic acids is 3. The van der Waals surface area contributed by atoms with E-state index in [1.165, 1.54) is 0 Å². The topological polar surface area (TPSA) is 87.7 Å². The van der Waals surface area contributed by atoms with Crippen LogP contribution in [0, 0.1) is 19.8 Å². The standard InChI is InChI=1S/C28H29N3O4/c1-4-35-25-11-6-5-10-24(25)31-17-21(16-26(31)32)28(34)29-22-9-7-8-20(15-22)27(33)30-23-13-12-18(2)14-19(23)3/h5-15,21H,4,16-17H2,1-3H3,(H,29,34)(H,30,33)/t21-/m1/s1. The summed E-state index contributed by atoms with van der Waals surface area (Å²) >= 11 is 0. The van der Waals surface area contributed by atoms with Crippen molar-refractivity contribution in [1.82, 2.24) is 0 Å². The minimum Gasteiger partial charge on any atom is -0.492 e. The van der Waals surface area contributed by atoms with Crippen LogP contribution in [0.3, 0.4) is 0 Å². The van der Waals surface area contributed by atoms with E-state index in [-0.39, 0.29) is 30.7 Å². The number of nitrogens with zero attached hydrogens (tertiary/aromatic N) is 1. The van der Waals surface area contributed by atoms with E-state index in [1.807, 2.05) is 63.2 Å².